The molecule has 0 bridgehead atoms. The van der Waals surface area contributed by atoms with E-state index >= 15 is 0 Å². The molecule has 0 spiro atoms. The van der Waals surface area contributed by atoms with Gasteiger partial charge < -0.3 is 14.9 Å². The quantitative estimate of drug-likeness (QED) is 0.866. The van der Waals surface area contributed by atoms with E-state index in [1.807, 2.05) is 19.0 Å². The van der Waals surface area contributed by atoms with E-state index < -0.39 is 5.97 Å². The highest BCUT2D eigenvalue weighted by atomic mass is 19.1. The zero-order chi connectivity index (χ0) is 15.4. The predicted octanol–water partition coefficient (Wildman–Crippen LogP) is 2.45. The summed E-state index contributed by atoms with van der Waals surface area (Å²) in [5.74, 6) is -1.34. The highest BCUT2D eigenvalue weighted by molar-refractivity contribution is 5.87. The number of rotatable bonds is 4. The second-order valence-corrected chi connectivity index (χ2v) is 5.55. The molecule has 1 heterocycles. The van der Waals surface area contributed by atoms with Crippen LogP contribution in [0.1, 0.15) is 18.4 Å². The van der Waals surface area contributed by atoms with E-state index in [-0.39, 0.29) is 5.82 Å². The van der Waals surface area contributed by atoms with E-state index in [1.165, 1.54) is 12.1 Å². The molecule has 0 saturated carbocycles. The fourth-order valence-electron chi connectivity index (χ4n) is 2.74. The Morgan fingerprint density at radius 2 is 2.24 bits per heavy atom. The van der Waals surface area contributed by atoms with Gasteiger partial charge in [0.2, 0.25) is 0 Å². The summed E-state index contributed by atoms with van der Waals surface area (Å²) in [6, 6.07) is 5.16. The third-order valence-electron chi connectivity index (χ3n) is 3.87. The molecule has 1 fully saturated rings. The monoisotopic (exact) mass is 292 g/mol. The Morgan fingerprint density at radius 1 is 1.48 bits per heavy atom. The molecule has 1 aromatic rings. The average Bonchev–Trinajstić information content (AvgIpc) is 2.45. The molecule has 21 heavy (non-hydrogen) atoms. The molecule has 1 atom stereocenters. The molecule has 5 heteroatoms. The van der Waals surface area contributed by atoms with Gasteiger partial charge in [0.1, 0.15) is 5.82 Å². The maximum Gasteiger partial charge on any atom is 0.328 e. The maximum atomic E-state index is 14.3. The van der Waals surface area contributed by atoms with Crippen molar-refractivity contribution in [1.82, 2.24) is 4.90 Å². The Kier molecular flexibility index (Phi) is 4.96. The Labute approximate surface area is 124 Å². The molecule has 1 N–H and O–H groups in total. The van der Waals surface area contributed by atoms with Crippen LogP contribution in [-0.2, 0) is 4.79 Å². The number of carboxylic acids is 1. The van der Waals surface area contributed by atoms with Gasteiger partial charge in [0.05, 0.1) is 5.69 Å². The summed E-state index contributed by atoms with van der Waals surface area (Å²) in [7, 11) is 4.06. The third-order valence-corrected chi connectivity index (χ3v) is 3.87. The summed E-state index contributed by atoms with van der Waals surface area (Å²) >= 11 is 0. The van der Waals surface area contributed by atoms with Crippen LogP contribution < -0.4 is 4.90 Å². The lowest BCUT2D eigenvalue weighted by Crippen LogP contribution is -2.45. The maximum absolute atomic E-state index is 14.3. The van der Waals surface area contributed by atoms with Crippen molar-refractivity contribution in [1.29, 1.82) is 0 Å². The summed E-state index contributed by atoms with van der Waals surface area (Å²) < 4.78 is 14.3. The first-order valence-corrected chi connectivity index (χ1v) is 7.10. The van der Waals surface area contributed by atoms with Crippen LogP contribution in [0.5, 0.6) is 0 Å². The van der Waals surface area contributed by atoms with Crippen molar-refractivity contribution in [2.24, 2.45) is 0 Å². The van der Waals surface area contributed by atoms with E-state index in [0.29, 0.717) is 17.3 Å². The summed E-state index contributed by atoms with van der Waals surface area (Å²) in [5.41, 5.74) is 1.11. The van der Waals surface area contributed by atoms with Crippen LogP contribution in [0.3, 0.4) is 0 Å². The number of para-hydroxylation sites is 1. The van der Waals surface area contributed by atoms with Gasteiger partial charge in [0.25, 0.3) is 0 Å². The van der Waals surface area contributed by atoms with Crippen molar-refractivity contribution < 1.29 is 14.3 Å². The highest BCUT2D eigenvalue weighted by Crippen LogP contribution is 2.29. The van der Waals surface area contributed by atoms with Gasteiger partial charge in [-0.25, -0.2) is 9.18 Å². The number of piperidine rings is 1. The van der Waals surface area contributed by atoms with Gasteiger partial charge in [-0.1, -0.05) is 12.1 Å². The van der Waals surface area contributed by atoms with E-state index in [1.54, 1.807) is 12.1 Å². The molecule has 0 radical (unpaired) electrons. The normalized spacial score (nSPS) is 19.4. The third kappa shape index (κ3) is 3.82. The first kappa shape index (κ1) is 15.5. The molecule has 0 aromatic heterocycles. The zero-order valence-electron chi connectivity index (χ0n) is 12.4. The topological polar surface area (TPSA) is 43.8 Å². The number of aliphatic carboxylic acids is 1. The Balaban J connectivity index is 2.31. The minimum Gasteiger partial charge on any atom is -0.478 e. The first-order valence-electron chi connectivity index (χ1n) is 7.10. The van der Waals surface area contributed by atoms with Crippen molar-refractivity contribution in [3.05, 3.63) is 35.7 Å². The molecule has 1 aliphatic rings. The molecule has 1 aliphatic heterocycles. The van der Waals surface area contributed by atoms with Crippen LogP contribution in [0, 0.1) is 5.82 Å². The molecule has 1 saturated heterocycles. The van der Waals surface area contributed by atoms with Crippen LogP contribution in [0.2, 0.25) is 0 Å². The van der Waals surface area contributed by atoms with Crippen LogP contribution in [0.15, 0.2) is 24.3 Å². The standard InChI is InChI=1S/C16H21FN2O2/c1-18(2)13-6-4-10-19(11-13)16-12(8-9-15(20)21)5-3-7-14(16)17/h3,5,7-9,13H,4,6,10-11H2,1-2H3,(H,20,21)/b9-8+. The summed E-state index contributed by atoms with van der Waals surface area (Å²) in [6.07, 6.45) is 4.60. The lowest BCUT2D eigenvalue weighted by atomic mass is 10.0. The molecule has 1 aromatic carbocycles. The number of carbonyl (C=O) groups is 1. The second kappa shape index (κ2) is 6.72. The minimum absolute atomic E-state index is 0.304. The second-order valence-electron chi connectivity index (χ2n) is 5.55. The molecular formula is C16H21FN2O2. The molecule has 4 nitrogen and oxygen atoms in total. The number of hydrogen-bond acceptors (Lipinski definition) is 3. The minimum atomic E-state index is -1.03. The van der Waals surface area contributed by atoms with Crippen LogP contribution in [0.25, 0.3) is 6.08 Å². The summed E-state index contributed by atoms with van der Waals surface area (Å²) in [4.78, 5) is 14.9. The lowest BCUT2D eigenvalue weighted by Gasteiger charge is -2.38. The highest BCUT2D eigenvalue weighted by Gasteiger charge is 2.24. The molecule has 0 aliphatic carbocycles. The fraction of sp³-hybridized carbons (Fsp3) is 0.438. The number of carboxylic acid groups (broad SMARTS) is 1. The molecule has 0 amide bonds. The van der Waals surface area contributed by atoms with Crippen molar-refractivity contribution in [2.75, 3.05) is 32.1 Å². The fourth-order valence-corrected chi connectivity index (χ4v) is 2.74. The predicted molar refractivity (Wildman–Crippen MR) is 82.0 cm³/mol. The largest absolute Gasteiger partial charge is 0.478 e. The van der Waals surface area contributed by atoms with Crippen LogP contribution in [0.4, 0.5) is 10.1 Å². The number of halogens is 1. The molecule has 114 valence electrons. The molecular weight excluding hydrogens is 271 g/mol. The number of anilines is 1. The smallest absolute Gasteiger partial charge is 0.328 e. The van der Waals surface area contributed by atoms with E-state index in [0.717, 1.165) is 32.0 Å². The molecule has 2 rings (SSSR count). The Hall–Kier alpha value is -1.88. The zero-order valence-corrected chi connectivity index (χ0v) is 12.4. The van der Waals surface area contributed by atoms with Crippen molar-refractivity contribution in [3.63, 3.8) is 0 Å². The van der Waals surface area contributed by atoms with E-state index in [2.05, 4.69) is 4.90 Å². The number of benzene rings is 1. The Bertz CT molecular complexity index is 543. The van der Waals surface area contributed by atoms with Gasteiger partial charge in [0.15, 0.2) is 0 Å². The van der Waals surface area contributed by atoms with Crippen molar-refractivity contribution in [2.45, 2.75) is 18.9 Å². The van der Waals surface area contributed by atoms with E-state index in [4.69, 9.17) is 5.11 Å². The number of hydrogen-bond donors (Lipinski definition) is 1. The van der Waals surface area contributed by atoms with Crippen molar-refractivity contribution in [3.8, 4) is 0 Å². The van der Waals surface area contributed by atoms with Crippen LogP contribution >= 0.6 is 0 Å². The van der Waals surface area contributed by atoms with Crippen LogP contribution in [-0.4, -0.2) is 49.2 Å². The van der Waals surface area contributed by atoms with Gasteiger partial charge in [-0.15, -0.1) is 0 Å². The first-order chi connectivity index (χ1) is 9.99. The number of nitrogens with zero attached hydrogens (tertiary/aromatic N) is 2. The SMILES string of the molecule is CN(C)C1CCCN(c2c(F)cccc2/C=C/C(=O)O)C1. The molecule has 1 unspecified atom stereocenters. The Morgan fingerprint density at radius 3 is 2.90 bits per heavy atom. The van der Waals surface area contributed by atoms with Gasteiger partial charge in [-0.3, -0.25) is 0 Å². The summed E-state index contributed by atoms with van der Waals surface area (Å²) in [6.45, 7) is 1.54. The summed E-state index contributed by atoms with van der Waals surface area (Å²) in [5, 5.41) is 8.76. The van der Waals surface area contributed by atoms with E-state index in [9.17, 15) is 9.18 Å². The van der Waals surface area contributed by atoms with Gasteiger partial charge in [-0.05, 0) is 39.1 Å². The van der Waals surface area contributed by atoms with Gasteiger partial charge in [0, 0.05) is 30.8 Å². The average molecular weight is 292 g/mol. The lowest BCUT2D eigenvalue weighted by molar-refractivity contribution is -0.131. The number of likely N-dealkylation sites (N-methyl/N-ethyl adjacent to an activating group) is 1. The van der Waals surface area contributed by atoms with Gasteiger partial charge >= 0.3 is 5.97 Å². The van der Waals surface area contributed by atoms with Crippen molar-refractivity contribution >= 4 is 17.7 Å². The van der Waals surface area contributed by atoms with Gasteiger partial charge in [-0.2, -0.15) is 0 Å².